The molecule has 0 aromatic carbocycles. The average molecular weight is 338 g/mol. The third-order valence-electron chi connectivity index (χ3n) is 3.02. The lowest BCUT2D eigenvalue weighted by Gasteiger charge is -2.17. The fraction of sp³-hybridized carbons (Fsp3) is 0.600. The van der Waals surface area contributed by atoms with Gasteiger partial charge in [0.25, 0.3) is 0 Å². The summed E-state index contributed by atoms with van der Waals surface area (Å²) in [7, 11) is -2.40. The lowest BCUT2D eigenvalue weighted by atomic mass is 10.1. The van der Waals surface area contributed by atoms with Crippen LogP contribution in [0.3, 0.4) is 0 Å². The predicted molar refractivity (Wildman–Crippen MR) is 74.9 cm³/mol. The van der Waals surface area contributed by atoms with Crippen LogP contribution < -0.4 is 11.4 Å². The molecule has 6 atom stereocenters. The highest BCUT2D eigenvalue weighted by Gasteiger charge is 2.52. The Morgan fingerprint density at radius 1 is 1.71 bits per heavy atom. The first-order valence-corrected chi connectivity index (χ1v) is 8.29. The minimum absolute atomic E-state index is 0.0111. The molecule has 0 spiro atoms. The monoisotopic (exact) mass is 338 g/mol. The molecule has 116 valence electrons. The zero-order valence-electron chi connectivity index (χ0n) is 10.9. The second-order valence-corrected chi connectivity index (χ2v) is 6.19. The van der Waals surface area contributed by atoms with Gasteiger partial charge in [-0.3, -0.25) is 4.57 Å². The maximum atomic E-state index is 14.4. The smallest absolute Gasteiger partial charge is 0.391 e. The van der Waals surface area contributed by atoms with Crippen molar-refractivity contribution >= 4 is 25.3 Å². The van der Waals surface area contributed by atoms with E-state index in [1.165, 1.54) is 19.2 Å². The van der Waals surface area contributed by atoms with Gasteiger partial charge in [0.05, 0.1) is 6.10 Å². The number of aliphatic hydroxyl groups excluding tert-OH is 1. The van der Waals surface area contributed by atoms with Gasteiger partial charge in [0.1, 0.15) is 24.2 Å². The van der Waals surface area contributed by atoms with Crippen molar-refractivity contribution in [3.05, 3.63) is 22.7 Å². The molecule has 0 aliphatic carbocycles. The molecule has 2 unspecified atom stereocenters. The summed E-state index contributed by atoms with van der Waals surface area (Å²) in [5.41, 5.74) is 4.55. The van der Waals surface area contributed by atoms with Gasteiger partial charge in [-0.15, -0.1) is 4.52 Å². The molecule has 2 heterocycles. The SMILES string of the molecule is C[C@@H](O)[C@H]1O[C@@H](n2ccc(N)nc2=O)[C@@H](F)C1O[P+](=O)S. The van der Waals surface area contributed by atoms with Gasteiger partial charge in [-0.25, -0.2) is 9.18 Å². The molecule has 1 aliphatic heterocycles. The van der Waals surface area contributed by atoms with Crippen LogP contribution in [-0.4, -0.2) is 39.1 Å². The Labute approximate surface area is 125 Å². The third kappa shape index (κ3) is 3.41. The van der Waals surface area contributed by atoms with E-state index in [1.807, 2.05) is 0 Å². The van der Waals surface area contributed by atoms with Crippen molar-refractivity contribution in [3.63, 3.8) is 0 Å². The Morgan fingerprint density at radius 2 is 2.38 bits per heavy atom. The third-order valence-corrected chi connectivity index (χ3v) is 3.73. The Hall–Kier alpha value is -1.06. The van der Waals surface area contributed by atoms with Crippen molar-refractivity contribution in [3.8, 4) is 0 Å². The van der Waals surface area contributed by atoms with E-state index >= 15 is 0 Å². The van der Waals surface area contributed by atoms with Gasteiger partial charge in [-0.05, 0) is 17.6 Å². The number of nitrogen functional groups attached to an aromatic ring is 1. The summed E-state index contributed by atoms with van der Waals surface area (Å²) in [5.74, 6) is -0.0111. The highest BCUT2D eigenvalue weighted by Crippen LogP contribution is 2.41. The lowest BCUT2D eigenvalue weighted by molar-refractivity contribution is -0.0747. The summed E-state index contributed by atoms with van der Waals surface area (Å²) >= 11 is 3.56. The minimum atomic E-state index is -2.40. The number of alkyl halides is 1. The van der Waals surface area contributed by atoms with Crippen LogP contribution in [0.4, 0.5) is 10.2 Å². The largest absolute Gasteiger partial charge is 0.582 e. The standard InChI is InChI=1S/C10H13FN3O5PS/c1-4(15)7-8(19-20(17)21)6(11)9(18-7)14-3-2-5(12)13-10(14)16/h2-4,6-9,15H,1H3,(H2-,12,13,16,17,21)/p+1/t4-,6+,7-,8?,9-/m1/s1. The molecule has 1 aromatic rings. The first kappa shape index (κ1) is 16.3. The summed E-state index contributed by atoms with van der Waals surface area (Å²) in [4.78, 5) is 15.2. The van der Waals surface area contributed by atoms with Crippen molar-refractivity contribution in [1.29, 1.82) is 0 Å². The molecule has 1 aliphatic rings. The highest BCUT2D eigenvalue weighted by molar-refractivity contribution is 8.39. The summed E-state index contributed by atoms with van der Waals surface area (Å²) < 4.78 is 36.6. The maximum absolute atomic E-state index is 14.4. The number of anilines is 1. The molecule has 3 N–H and O–H groups in total. The molecule has 1 aromatic heterocycles. The number of aliphatic hydroxyl groups is 1. The van der Waals surface area contributed by atoms with Gasteiger partial charge in [0.2, 0.25) is 0 Å². The Morgan fingerprint density at radius 3 is 2.90 bits per heavy atom. The minimum Gasteiger partial charge on any atom is -0.391 e. The number of nitrogens with two attached hydrogens (primary N) is 1. The van der Waals surface area contributed by atoms with E-state index in [4.69, 9.17) is 15.0 Å². The topological polar surface area (TPSA) is 117 Å². The van der Waals surface area contributed by atoms with E-state index in [1.54, 1.807) is 0 Å². The zero-order valence-corrected chi connectivity index (χ0v) is 12.7. The number of aromatic nitrogens is 2. The van der Waals surface area contributed by atoms with E-state index in [2.05, 4.69) is 17.2 Å². The molecule has 0 amide bonds. The summed E-state index contributed by atoms with van der Waals surface area (Å²) in [6.45, 7) is 1.37. The fourth-order valence-corrected chi connectivity index (χ4v) is 2.88. The van der Waals surface area contributed by atoms with Gasteiger partial charge < -0.3 is 15.6 Å². The van der Waals surface area contributed by atoms with Crippen LogP contribution in [0.5, 0.6) is 0 Å². The molecule has 0 bridgehead atoms. The maximum Gasteiger partial charge on any atom is 0.582 e. The summed E-state index contributed by atoms with van der Waals surface area (Å²) in [6.07, 6.45) is -5.48. The number of hydrogen-bond acceptors (Lipinski definition) is 7. The van der Waals surface area contributed by atoms with E-state index in [9.17, 15) is 18.9 Å². The number of rotatable bonds is 4. The highest BCUT2D eigenvalue weighted by atomic mass is 32.7. The van der Waals surface area contributed by atoms with Gasteiger partial charge in [-0.1, -0.05) is 0 Å². The van der Waals surface area contributed by atoms with E-state index < -0.39 is 43.6 Å². The van der Waals surface area contributed by atoms with E-state index in [0.29, 0.717) is 0 Å². The summed E-state index contributed by atoms with van der Waals surface area (Å²) in [6, 6.07) is 1.31. The average Bonchev–Trinajstić information content (AvgIpc) is 2.67. The quantitative estimate of drug-likeness (QED) is 0.538. The van der Waals surface area contributed by atoms with E-state index in [-0.39, 0.29) is 5.82 Å². The molecule has 11 heteroatoms. The Kier molecular flexibility index (Phi) is 4.95. The van der Waals surface area contributed by atoms with Crippen molar-refractivity contribution in [2.45, 2.75) is 37.6 Å². The van der Waals surface area contributed by atoms with Gasteiger partial charge in [-0.2, -0.15) is 4.98 Å². The molecular weight excluding hydrogens is 324 g/mol. The van der Waals surface area contributed by atoms with Crippen molar-refractivity contribution in [2.75, 3.05) is 5.73 Å². The number of ether oxygens (including phenoxy) is 1. The Balaban J connectivity index is 2.33. The summed E-state index contributed by atoms with van der Waals surface area (Å²) in [5, 5.41) is 9.62. The fourth-order valence-electron chi connectivity index (χ4n) is 2.11. The zero-order chi connectivity index (χ0) is 15.7. The van der Waals surface area contributed by atoms with Gasteiger partial charge in [0.15, 0.2) is 18.5 Å². The number of nitrogens with zero attached hydrogens (tertiary/aromatic N) is 2. The second kappa shape index (κ2) is 6.37. The lowest BCUT2D eigenvalue weighted by Crippen LogP contribution is -2.37. The van der Waals surface area contributed by atoms with Crippen LogP contribution in [0.15, 0.2) is 17.1 Å². The normalized spacial score (nSPS) is 31.1. The molecule has 8 nitrogen and oxygen atoms in total. The number of hydrogen-bond donors (Lipinski definition) is 3. The van der Waals surface area contributed by atoms with Crippen molar-refractivity contribution in [2.24, 2.45) is 0 Å². The molecular formula is C10H14FN3O5PS+. The predicted octanol–water partition coefficient (Wildman–Crippen LogP) is 0.414. The molecule has 1 saturated heterocycles. The van der Waals surface area contributed by atoms with Crippen LogP contribution in [0.25, 0.3) is 0 Å². The van der Waals surface area contributed by atoms with Crippen molar-refractivity contribution in [1.82, 2.24) is 9.55 Å². The van der Waals surface area contributed by atoms with Gasteiger partial charge in [0, 0.05) is 6.20 Å². The number of thiol groups is 1. The first-order chi connectivity index (χ1) is 9.81. The van der Waals surface area contributed by atoms with Crippen LogP contribution >= 0.6 is 19.5 Å². The molecule has 0 saturated carbocycles. The van der Waals surface area contributed by atoms with Crippen molar-refractivity contribution < 1.29 is 23.3 Å². The number of halogens is 1. The van der Waals surface area contributed by atoms with Crippen LogP contribution in [0.1, 0.15) is 13.2 Å². The molecule has 21 heavy (non-hydrogen) atoms. The van der Waals surface area contributed by atoms with Crippen LogP contribution in [0.2, 0.25) is 0 Å². The van der Waals surface area contributed by atoms with E-state index in [0.717, 1.165) is 4.57 Å². The van der Waals surface area contributed by atoms with Crippen LogP contribution in [0, 0.1) is 0 Å². The second-order valence-electron chi connectivity index (χ2n) is 4.53. The van der Waals surface area contributed by atoms with Gasteiger partial charge >= 0.3 is 12.9 Å². The molecule has 0 radical (unpaired) electrons. The first-order valence-electron chi connectivity index (χ1n) is 5.96. The Bertz CT molecular complexity index is 600. The molecule has 2 rings (SSSR count). The van der Waals surface area contributed by atoms with Crippen LogP contribution in [-0.2, 0) is 13.8 Å². The molecule has 1 fully saturated rings.